The molecule has 5 heteroatoms. The zero-order chi connectivity index (χ0) is 13.2. The molecule has 0 amide bonds. The Hall–Kier alpha value is -0.905. The predicted molar refractivity (Wildman–Crippen MR) is 80.9 cm³/mol. The van der Waals surface area contributed by atoms with Crippen molar-refractivity contribution < 1.29 is 9.31 Å². The van der Waals surface area contributed by atoms with Crippen LogP contribution in [0.1, 0.15) is 11.1 Å². The lowest BCUT2D eigenvalue weighted by Gasteiger charge is -2.22. The van der Waals surface area contributed by atoms with Crippen molar-refractivity contribution in [3.05, 3.63) is 52.0 Å². The van der Waals surface area contributed by atoms with Gasteiger partial charge in [0.1, 0.15) is 5.75 Å². The van der Waals surface area contributed by atoms with E-state index in [1.54, 1.807) is 18.9 Å². The Morgan fingerprint density at radius 1 is 1.21 bits per heavy atom. The molecule has 0 spiro atoms. The van der Waals surface area contributed by atoms with Gasteiger partial charge < -0.3 is 9.31 Å². The predicted octanol–water partition coefficient (Wildman–Crippen LogP) is 4.06. The summed E-state index contributed by atoms with van der Waals surface area (Å²) in [5, 5.41) is 0. The summed E-state index contributed by atoms with van der Waals surface area (Å²) < 4.78 is 11.5. The number of hydrogen-bond donors (Lipinski definition) is 0. The van der Waals surface area contributed by atoms with Gasteiger partial charge in [0, 0.05) is 22.9 Å². The monoisotopic (exact) mass is 333 g/mol. The molecule has 0 aliphatic carbocycles. The highest BCUT2D eigenvalue weighted by Crippen LogP contribution is 2.46. The van der Waals surface area contributed by atoms with E-state index in [1.807, 2.05) is 12.1 Å². The lowest BCUT2D eigenvalue weighted by atomic mass is 10.0. The first kappa shape index (κ1) is 13.1. The number of halogens is 1. The molecule has 0 bridgehead atoms. The first-order valence-corrected chi connectivity index (χ1v) is 7.49. The van der Waals surface area contributed by atoms with Gasteiger partial charge in [-0.2, -0.15) is 0 Å². The summed E-state index contributed by atoms with van der Waals surface area (Å²) in [6, 6.07) is 12.4. The van der Waals surface area contributed by atoms with Crippen molar-refractivity contribution in [2.24, 2.45) is 0 Å². The van der Waals surface area contributed by atoms with Gasteiger partial charge in [-0.1, -0.05) is 45.9 Å². The maximum Gasteiger partial charge on any atom is 0.572 e. The molecule has 1 aliphatic heterocycles. The van der Waals surface area contributed by atoms with E-state index in [0.717, 1.165) is 21.5 Å². The van der Waals surface area contributed by atoms with E-state index in [1.165, 1.54) is 23.7 Å². The van der Waals surface area contributed by atoms with Crippen LogP contribution in [-0.4, -0.2) is 14.8 Å². The van der Waals surface area contributed by atoms with Crippen molar-refractivity contribution in [3.63, 3.8) is 0 Å². The van der Waals surface area contributed by atoms with Crippen LogP contribution >= 0.6 is 27.7 Å². The standard InChI is InChI=1S/C14H11BBrO2S/c1-17-15-18-12-7-6-11(16)10-8-9-4-2-3-5-13(9)19-14(10)12/h2-7H,8H2,1H3. The maximum absolute atomic E-state index is 5.53. The van der Waals surface area contributed by atoms with Crippen LogP contribution in [0.15, 0.2) is 50.7 Å². The second-order valence-corrected chi connectivity index (χ2v) is 6.10. The molecule has 0 atom stereocenters. The molecule has 2 nitrogen and oxygen atoms in total. The SMILES string of the molecule is CO[B]Oc1ccc(Br)c2c1Sc1ccccc1C2. The molecular formula is C14H11BBrO2S. The van der Waals surface area contributed by atoms with E-state index in [-0.39, 0.29) is 0 Å². The molecule has 1 aliphatic rings. The van der Waals surface area contributed by atoms with E-state index in [2.05, 4.69) is 40.2 Å². The molecular weight excluding hydrogens is 323 g/mol. The van der Waals surface area contributed by atoms with Gasteiger partial charge in [0.15, 0.2) is 0 Å². The first-order valence-electron chi connectivity index (χ1n) is 5.88. The van der Waals surface area contributed by atoms with Crippen LogP contribution in [-0.2, 0) is 11.1 Å². The second kappa shape index (κ2) is 5.61. The number of rotatable bonds is 3. The minimum absolute atomic E-state index is 0.833. The summed E-state index contributed by atoms with van der Waals surface area (Å²) in [5.74, 6) is 0.833. The largest absolute Gasteiger partial charge is 0.572 e. The Labute approximate surface area is 125 Å². The van der Waals surface area contributed by atoms with Gasteiger partial charge in [0.2, 0.25) is 0 Å². The van der Waals surface area contributed by atoms with Gasteiger partial charge in [0.25, 0.3) is 0 Å². The minimum atomic E-state index is 0.833. The van der Waals surface area contributed by atoms with Crippen molar-refractivity contribution in [1.29, 1.82) is 0 Å². The van der Waals surface area contributed by atoms with Crippen molar-refractivity contribution in [2.75, 3.05) is 7.11 Å². The Balaban J connectivity index is 2.03. The third-order valence-electron chi connectivity index (χ3n) is 2.99. The molecule has 1 heterocycles. The zero-order valence-electron chi connectivity index (χ0n) is 10.4. The molecule has 19 heavy (non-hydrogen) atoms. The Morgan fingerprint density at radius 3 is 2.89 bits per heavy atom. The van der Waals surface area contributed by atoms with Gasteiger partial charge in [-0.05, 0) is 29.3 Å². The van der Waals surface area contributed by atoms with E-state index in [4.69, 9.17) is 9.31 Å². The fourth-order valence-electron chi connectivity index (χ4n) is 2.10. The molecule has 95 valence electrons. The van der Waals surface area contributed by atoms with Gasteiger partial charge in [0.05, 0.1) is 4.90 Å². The van der Waals surface area contributed by atoms with Crippen LogP contribution in [0, 0.1) is 0 Å². The van der Waals surface area contributed by atoms with Gasteiger partial charge in [-0.25, -0.2) is 0 Å². The lowest BCUT2D eigenvalue weighted by molar-refractivity contribution is 0.363. The maximum atomic E-state index is 5.53. The highest BCUT2D eigenvalue weighted by atomic mass is 79.9. The number of hydrogen-bond acceptors (Lipinski definition) is 3. The summed E-state index contributed by atoms with van der Waals surface area (Å²) in [4.78, 5) is 2.44. The smallest absolute Gasteiger partial charge is 0.536 e. The van der Waals surface area contributed by atoms with Crippen LogP contribution < -0.4 is 4.65 Å². The van der Waals surface area contributed by atoms with Crippen molar-refractivity contribution in [3.8, 4) is 5.75 Å². The van der Waals surface area contributed by atoms with Crippen molar-refractivity contribution in [1.82, 2.24) is 0 Å². The molecule has 1 radical (unpaired) electrons. The van der Waals surface area contributed by atoms with Gasteiger partial charge in [-0.15, -0.1) is 0 Å². The third kappa shape index (κ3) is 2.55. The number of fused-ring (bicyclic) bond motifs is 2. The highest BCUT2D eigenvalue weighted by Gasteiger charge is 2.21. The van der Waals surface area contributed by atoms with Crippen LogP contribution in [0.25, 0.3) is 0 Å². The molecule has 2 aromatic rings. The van der Waals surface area contributed by atoms with E-state index in [0.29, 0.717) is 0 Å². The summed E-state index contributed by atoms with van der Waals surface area (Å²) in [5.41, 5.74) is 2.62. The van der Waals surface area contributed by atoms with E-state index < -0.39 is 0 Å². The fourth-order valence-corrected chi connectivity index (χ4v) is 3.86. The molecule has 3 rings (SSSR count). The molecule has 0 N–H and O–H groups in total. The second-order valence-electron chi connectivity index (χ2n) is 4.19. The molecule has 2 aromatic carbocycles. The molecule has 0 aromatic heterocycles. The Morgan fingerprint density at radius 2 is 2.05 bits per heavy atom. The average Bonchev–Trinajstić information content (AvgIpc) is 2.45. The van der Waals surface area contributed by atoms with Crippen LogP contribution in [0.4, 0.5) is 0 Å². The van der Waals surface area contributed by atoms with Gasteiger partial charge >= 0.3 is 7.69 Å². The minimum Gasteiger partial charge on any atom is -0.536 e. The summed E-state index contributed by atoms with van der Waals surface area (Å²) in [7, 11) is 2.93. The lowest BCUT2D eigenvalue weighted by Crippen LogP contribution is -2.08. The molecule has 0 fully saturated rings. The highest BCUT2D eigenvalue weighted by molar-refractivity contribution is 9.10. The first-order chi connectivity index (χ1) is 9.29. The van der Waals surface area contributed by atoms with Crippen molar-refractivity contribution >= 4 is 35.4 Å². The molecule has 0 saturated heterocycles. The topological polar surface area (TPSA) is 18.5 Å². The van der Waals surface area contributed by atoms with Crippen LogP contribution in [0.2, 0.25) is 0 Å². The van der Waals surface area contributed by atoms with E-state index in [9.17, 15) is 0 Å². The third-order valence-corrected chi connectivity index (χ3v) is 5.00. The van der Waals surface area contributed by atoms with Gasteiger partial charge in [-0.3, -0.25) is 0 Å². The van der Waals surface area contributed by atoms with E-state index >= 15 is 0 Å². The fraction of sp³-hybridized carbons (Fsp3) is 0.143. The Bertz CT molecular complexity index is 618. The molecule has 0 unspecified atom stereocenters. The summed E-state index contributed by atoms with van der Waals surface area (Å²) in [6.45, 7) is 0. The summed E-state index contributed by atoms with van der Waals surface area (Å²) in [6.07, 6.45) is 0.920. The van der Waals surface area contributed by atoms with Crippen LogP contribution in [0.3, 0.4) is 0 Å². The Kier molecular flexibility index (Phi) is 3.87. The summed E-state index contributed by atoms with van der Waals surface area (Å²) >= 11 is 5.37. The quantitative estimate of drug-likeness (QED) is 0.673. The van der Waals surface area contributed by atoms with Crippen LogP contribution in [0.5, 0.6) is 5.75 Å². The van der Waals surface area contributed by atoms with Crippen molar-refractivity contribution in [2.45, 2.75) is 16.2 Å². The normalized spacial score (nSPS) is 12.5. The number of benzene rings is 2. The zero-order valence-corrected chi connectivity index (χ0v) is 12.8. The molecule has 0 saturated carbocycles. The average molecular weight is 334 g/mol.